The number of aryl methyl sites for hydroxylation is 2. The van der Waals surface area contributed by atoms with Crippen molar-refractivity contribution in [2.75, 3.05) is 0 Å². The molecule has 1 aliphatic rings. The first-order valence-corrected chi connectivity index (χ1v) is 7.12. The van der Waals surface area contributed by atoms with Crippen LogP contribution in [-0.4, -0.2) is 12.0 Å². The van der Waals surface area contributed by atoms with Crippen LogP contribution in [-0.2, 0) is 7.05 Å². The zero-order valence-corrected chi connectivity index (χ0v) is 12.2. The topological polar surface area (TPSA) is 20.8 Å². The maximum absolute atomic E-state index is 3.22. The molecule has 4 heteroatoms. The fourth-order valence-corrected chi connectivity index (χ4v) is 3.11. The highest BCUT2D eigenvalue weighted by molar-refractivity contribution is 6.54. The number of imidazole rings is 1. The third-order valence-corrected chi connectivity index (χ3v) is 4.14. The van der Waals surface area contributed by atoms with Crippen LogP contribution in [0.1, 0.15) is 5.56 Å². The van der Waals surface area contributed by atoms with Crippen LogP contribution in [0.2, 0.25) is 0 Å². The van der Waals surface area contributed by atoms with E-state index in [1.54, 1.807) is 0 Å². The Morgan fingerprint density at radius 2 is 1.95 bits per heavy atom. The molecule has 0 spiro atoms. The smallest absolute Gasteiger partial charge is 0.294 e. The van der Waals surface area contributed by atoms with Gasteiger partial charge in [0.2, 0.25) is 0 Å². The van der Waals surface area contributed by atoms with E-state index in [0.29, 0.717) is 0 Å². The normalized spacial score (nSPS) is 12.9. The van der Waals surface area contributed by atoms with Crippen LogP contribution in [0.4, 0.5) is 0 Å². The highest BCUT2D eigenvalue weighted by Gasteiger charge is 2.27. The number of rotatable bonds is 1. The molecule has 101 valence electrons. The highest BCUT2D eigenvalue weighted by Crippen LogP contribution is 2.24. The molecule has 21 heavy (non-hydrogen) atoms. The van der Waals surface area contributed by atoms with Gasteiger partial charge in [0.15, 0.2) is 11.0 Å². The molecule has 3 aromatic rings. The molecule has 0 aliphatic carbocycles. The first-order chi connectivity index (χ1) is 10.3. The monoisotopic (exact) mass is 273 g/mol. The Bertz CT molecular complexity index is 877. The quantitative estimate of drug-likeness (QED) is 0.529. The Morgan fingerprint density at radius 1 is 1.10 bits per heavy atom. The van der Waals surface area contributed by atoms with E-state index in [-0.39, 0.29) is 0 Å². The van der Waals surface area contributed by atoms with E-state index in [1.165, 1.54) is 33.4 Å². The van der Waals surface area contributed by atoms with Gasteiger partial charge in [0.25, 0.3) is 13.2 Å². The molecule has 1 N–H and O–H groups in total. The van der Waals surface area contributed by atoms with Crippen molar-refractivity contribution >= 4 is 30.1 Å². The molecule has 0 fully saturated rings. The lowest BCUT2D eigenvalue weighted by atomic mass is 9.82. The summed E-state index contributed by atoms with van der Waals surface area (Å²) in [4.78, 5) is 0. The molecule has 1 aromatic heterocycles. The minimum atomic E-state index is 1.20. The van der Waals surface area contributed by atoms with Crippen molar-refractivity contribution in [2.45, 2.75) is 6.92 Å². The first kappa shape index (κ1) is 12.3. The molecule has 0 amide bonds. The van der Waals surface area contributed by atoms with Crippen molar-refractivity contribution in [3.8, 4) is 11.4 Å². The minimum Gasteiger partial charge on any atom is -0.431 e. The fraction of sp³-hybridized carbons (Fsp3) is 0.118. The molecule has 4 rings (SSSR count). The lowest BCUT2D eigenvalue weighted by molar-refractivity contribution is -0.526. The summed E-state index contributed by atoms with van der Waals surface area (Å²) >= 11 is 0. The van der Waals surface area contributed by atoms with E-state index in [2.05, 4.69) is 77.0 Å². The molecule has 2 heterocycles. The van der Waals surface area contributed by atoms with Crippen molar-refractivity contribution in [2.24, 2.45) is 7.05 Å². The second kappa shape index (κ2) is 4.52. The predicted molar refractivity (Wildman–Crippen MR) is 87.1 cm³/mol. The van der Waals surface area contributed by atoms with E-state index in [9.17, 15) is 0 Å². The van der Waals surface area contributed by atoms with Crippen molar-refractivity contribution in [1.29, 1.82) is 0 Å². The summed E-state index contributed by atoms with van der Waals surface area (Å²) in [7, 11) is 4.18. The van der Waals surface area contributed by atoms with Gasteiger partial charge in [0.1, 0.15) is 6.20 Å². The molecule has 2 aromatic carbocycles. The number of hydrogen-bond donors (Lipinski definition) is 1. The van der Waals surface area contributed by atoms with Crippen LogP contribution in [0.15, 0.2) is 48.7 Å². The number of benzene rings is 2. The van der Waals surface area contributed by atoms with Gasteiger partial charge >= 0.3 is 0 Å². The third-order valence-electron chi connectivity index (χ3n) is 4.14. The largest absolute Gasteiger partial charge is 0.431 e. The number of hydrogen-bond acceptors (Lipinski definition) is 1. The second-order valence-corrected chi connectivity index (χ2v) is 5.41. The lowest BCUT2D eigenvalue weighted by Gasteiger charge is -2.02. The fourth-order valence-electron chi connectivity index (χ4n) is 3.11. The number of para-hydroxylation sites is 1. The lowest BCUT2D eigenvalue weighted by Crippen LogP contribution is -2.33. The zero-order chi connectivity index (χ0) is 14.4. The van der Waals surface area contributed by atoms with Crippen molar-refractivity contribution in [3.05, 3.63) is 54.2 Å². The van der Waals surface area contributed by atoms with E-state index in [0.717, 1.165) is 0 Å². The summed E-state index contributed by atoms with van der Waals surface area (Å²) < 4.78 is 4.54. The molecule has 1 aliphatic heterocycles. The van der Waals surface area contributed by atoms with E-state index >= 15 is 0 Å². The van der Waals surface area contributed by atoms with Crippen LogP contribution < -0.4 is 15.3 Å². The molecular weight excluding hydrogens is 257 g/mol. The van der Waals surface area contributed by atoms with Gasteiger partial charge in [0.05, 0.1) is 12.6 Å². The SMILES string of the molecule is Cc1ccccc1-c1n(C)c2cccc3c2[n+]1C=CN[B]3. The van der Waals surface area contributed by atoms with Gasteiger partial charge in [0, 0.05) is 6.20 Å². The molecular formula is C17H16BN3+. The summed E-state index contributed by atoms with van der Waals surface area (Å²) in [5.41, 5.74) is 6.21. The van der Waals surface area contributed by atoms with Gasteiger partial charge in [-0.1, -0.05) is 30.3 Å². The number of aromatic nitrogens is 2. The van der Waals surface area contributed by atoms with Crippen molar-refractivity contribution < 1.29 is 4.57 Å². The van der Waals surface area contributed by atoms with Gasteiger partial charge < -0.3 is 5.23 Å². The first-order valence-electron chi connectivity index (χ1n) is 7.12. The van der Waals surface area contributed by atoms with E-state index in [1.807, 2.05) is 13.6 Å². The van der Waals surface area contributed by atoms with Crippen LogP contribution in [0.5, 0.6) is 0 Å². The van der Waals surface area contributed by atoms with Crippen molar-refractivity contribution in [1.82, 2.24) is 9.79 Å². The maximum atomic E-state index is 3.22. The highest BCUT2D eigenvalue weighted by atomic mass is 15.2. The summed E-state index contributed by atoms with van der Waals surface area (Å²) in [6.07, 6.45) is 4.07. The second-order valence-electron chi connectivity index (χ2n) is 5.41. The van der Waals surface area contributed by atoms with Gasteiger partial charge in [-0.3, -0.25) is 0 Å². The van der Waals surface area contributed by atoms with E-state index in [4.69, 9.17) is 0 Å². The summed E-state index contributed by atoms with van der Waals surface area (Å²) in [5.74, 6) is 1.20. The number of nitrogens with zero attached hydrogens (tertiary/aromatic N) is 2. The Balaban J connectivity index is 2.17. The molecule has 0 bridgehead atoms. The van der Waals surface area contributed by atoms with Gasteiger partial charge in [-0.05, 0) is 30.1 Å². The third kappa shape index (κ3) is 1.72. The Morgan fingerprint density at radius 3 is 2.81 bits per heavy atom. The van der Waals surface area contributed by atoms with Crippen LogP contribution >= 0.6 is 0 Å². The van der Waals surface area contributed by atoms with Gasteiger partial charge in [-0.15, -0.1) is 0 Å². The molecule has 0 atom stereocenters. The molecule has 0 unspecified atom stereocenters. The Labute approximate surface area is 124 Å². The van der Waals surface area contributed by atoms with Crippen LogP contribution in [0.25, 0.3) is 28.6 Å². The van der Waals surface area contributed by atoms with Crippen molar-refractivity contribution in [3.63, 3.8) is 0 Å². The molecule has 0 saturated heterocycles. The molecule has 1 radical (unpaired) electrons. The summed E-state index contributed by atoms with van der Waals surface area (Å²) in [6, 6.07) is 14.9. The Hall–Kier alpha value is -2.49. The number of nitrogens with one attached hydrogen (secondary N) is 1. The standard InChI is InChI=1S/C17H16BN3/c1-12-6-3-4-7-13(12)17-20(2)15-9-5-8-14-16(15)21(17)11-10-19-18-14/h3-11,19H,1-2H3/q+1. The van der Waals surface area contributed by atoms with Crippen LogP contribution in [0, 0.1) is 6.92 Å². The minimum absolute atomic E-state index is 1.20. The van der Waals surface area contributed by atoms with E-state index < -0.39 is 0 Å². The zero-order valence-electron chi connectivity index (χ0n) is 12.2. The molecule has 3 nitrogen and oxygen atoms in total. The Kier molecular flexibility index (Phi) is 2.64. The molecule has 0 saturated carbocycles. The maximum Gasteiger partial charge on any atom is 0.294 e. The average molecular weight is 273 g/mol. The summed E-state index contributed by atoms with van der Waals surface area (Å²) in [6.45, 7) is 2.16. The summed E-state index contributed by atoms with van der Waals surface area (Å²) in [5, 5.41) is 3.22. The van der Waals surface area contributed by atoms with Gasteiger partial charge in [-0.25, -0.2) is 4.57 Å². The predicted octanol–water partition coefficient (Wildman–Crippen LogP) is 1.72. The van der Waals surface area contributed by atoms with Gasteiger partial charge in [-0.2, -0.15) is 4.57 Å². The average Bonchev–Trinajstić information content (AvgIpc) is 2.66. The van der Waals surface area contributed by atoms with Crippen LogP contribution in [0.3, 0.4) is 0 Å².